The Morgan fingerprint density at radius 2 is 2.20 bits per heavy atom. The van der Waals surface area contributed by atoms with Gasteiger partial charge in [-0.25, -0.2) is 4.79 Å². The number of hydrogen-bond donors (Lipinski definition) is 2. The van der Waals surface area contributed by atoms with Crippen molar-refractivity contribution in [2.24, 2.45) is 7.05 Å². The number of carboxylic acids is 1. The fraction of sp³-hybridized carbons (Fsp3) is 0.615. The van der Waals surface area contributed by atoms with Crippen molar-refractivity contribution in [3.8, 4) is 0 Å². The highest BCUT2D eigenvalue weighted by Crippen LogP contribution is 2.07. The van der Waals surface area contributed by atoms with Crippen LogP contribution < -0.4 is 5.32 Å². The van der Waals surface area contributed by atoms with Crippen molar-refractivity contribution < 1.29 is 14.7 Å². The lowest BCUT2D eigenvalue weighted by Crippen LogP contribution is -2.45. The summed E-state index contributed by atoms with van der Waals surface area (Å²) < 4.78 is 1.74. The Morgan fingerprint density at radius 1 is 1.55 bits per heavy atom. The highest BCUT2D eigenvalue weighted by atomic mass is 16.4. The van der Waals surface area contributed by atoms with E-state index in [-0.39, 0.29) is 18.5 Å². The third-order valence-corrected chi connectivity index (χ3v) is 3.37. The van der Waals surface area contributed by atoms with Crippen molar-refractivity contribution in [1.82, 2.24) is 20.0 Å². The van der Waals surface area contributed by atoms with Gasteiger partial charge in [0.2, 0.25) is 0 Å². The van der Waals surface area contributed by atoms with Crippen LogP contribution in [0.15, 0.2) is 6.20 Å². The summed E-state index contributed by atoms with van der Waals surface area (Å²) in [6.07, 6.45) is 1.65. The minimum absolute atomic E-state index is 0.0623. The first kappa shape index (κ1) is 16.0. The molecule has 1 atom stereocenters. The molecule has 0 fully saturated rings. The maximum Gasteiger partial charge on any atom is 0.317 e. The number of nitrogens with zero attached hydrogens (tertiary/aromatic N) is 3. The number of aliphatic carboxylic acids is 1. The van der Waals surface area contributed by atoms with Gasteiger partial charge in [0.25, 0.3) is 0 Å². The van der Waals surface area contributed by atoms with Crippen molar-refractivity contribution in [2.45, 2.75) is 39.8 Å². The van der Waals surface area contributed by atoms with Crippen LogP contribution in [-0.4, -0.2) is 44.4 Å². The number of carbonyl (C=O) groups excluding carboxylic acids is 1. The lowest BCUT2D eigenvalue weighted by molar-refractivity contribution is -0.138. The van der Waals surface area contributed by atoms with E-state index in [9.17, 15) is 9.59 Å². The quantitative estimate of drug-likeness (QED) is 0.818. The van der Waals surface area contributed by atoms with Crippen LogP contribution in [0.2, 0.25) is 0 Å². The van der Waals surface area contributed by atoms with Gasteiger partial charge in [0, 0.05) is 37.4 Å². The van der Waals surface area contributed by atoms with Crippen molar-refractivity contribution in [1.29, 1.82) is 0 Å². The average Bonchev–Trinajstić information content (AvgIpc) is 2.67. The first-order valence-corrected chi connectivity index (χ1v) is 6.60. The molecule has 0 bridgehead atoms. The van der Waals surface area contributed by atoms with E-state index >= 15 is 0 Å². The average molecular weight is 282 g/mol. The smallest absolute Gasteiger partial charge is 0.317 e. The molecule has 7 nitrogen and oxygen atoms in total. The van der Waals surface area contributed by atoms with E-state index in [2.05, 4.69) is 10.4 Å². The number of amides is 2. The Hall–Kier alpha value is -2.05. The van der Waals surface area contributed by atoms with Crippen molar-refractivity contribution in [2.75, 3.05) is 6.54 Å². The van der Waals surface area contributed by atoms with Gasteiger partial charge in [-0.15, -0.1) is 0 Å². The zero-order valence-corrected chi connectivity index (χ0v) is 12.4. The van der Waals surface area contributed by atoms with Crippen LogP contribution in [0.4, 0.5) is 4.79 Å². The summed E-state index contributed by atoms with van der Waals surface area (Å²) in [5.41, 5.74) is 1.94. The molecule has 0 aliphatic heterocycles. The predicted octanol–water partition coefficient (Wildman–Crippen LogP) is 1.12. The fourth-order valence-corrected chi connectivity index (χ4v) is 2.01. The monoisotopic (exact) mass is 282 g/mol. The first-order valence-electron chi connectivity index (χ1n) is 6.60. The highest BCUT2D eigenvalue weighted by molar-refractivity contribution is 5.75. The summed E-state index contributed by atoms with van der Waals surface area (Å²) in [6, 6.07) is -0.600. The van der Waals surface area contributed by atoms with Gasteiger partial charge in [0.15, 0.2) is 0 Å². The number of aromatic nitrogens is 2. The van der Waals surface area contributed by atoms with Gasteiger partial charge in [0.05, 0.1) is 12.6 Å². The van der Waals surface area contributed by atoms with Crippen LogP contribution >= 0.6 is 0 Å². The van der Waals surface area contributed by atoms with Crippen LogP contribution in [0.1, 0.15) is 31.5 Å². The Balaban J connectivity index is 2.59. The number of carbonyl (C=O) groups is 2. The van der Waals surface area contributed by atoms with Gasteiger partial charge in [-0.1, -0.05) is 0 Å². The van der Waals surface area contributed by atoms with E-state index in [4.69, 9.17) is 5.11 Å². The number of nitrogens with one attached hydrogen (secondary N) is 1. The molecule has 0 aliphatic rings. The summed E-state index contributed by atoms with van der Waals surface area (Å²) >= 11 is 0. The molecule has 1 unspecified atom stereocenters. The Morgan fingerprint density at radius 3 is 2.65 bits per heavy atom. The number of aryl methyl sites for hydroxylation is 1. The molecule has 2 amide bonds. The van der Waals surface area contributed by atoms with Crippen molar-refractivity contribution in [3.63, 3.8) is 0 Å². The van der Waals surface area contributed by atoms with Crippen LogP contribution in [0.25, 0.3) is 0 Å². The van der Waals surface area contributed by atoms with E-state index in [0.717, 1.165) is 11.3 Å². The number of urea groups is 1. The van der Waals surface area contributed by atoms with E-state index in [1.807, 2.05) is 20.9 Å². The second-order valence-electron chi connectivity index (χ2n) is 4.77. The van der Waals surface area contributed by atoms with Crippen LogP contribution in [0.3, 0.4) is 0 Å². The molecular formula is C13H22N4O3. The van der Waals surface area contributed by atoms with Gasteiger partial charge < -0.3 is 15.3 Å². The third-order valence-electron chi connectivity index (χ3n) is 3.37. The molecule has 0 saturated heterocycles. The van der Waals surface area contributed by atoms with Gasteiger partial charge in [-0.2, -0.15) is 5.10 Å². The maximum atomic E-state index is 12.1. The molecule has 0 radical (unpaired) electrons. The fourth-order valence-electron chi connectivity index (χ4n) is 2.01. The summed E-state index contributed by atoms with van der Waals surface area (Å²) in [5.74, 6) is -0.910. The first-order chi connectivity index (χ1) is 9.36. The molecule has 0 spiro atoms. The third kappa shape index (κ3) is 3.97. The molecule has 112 valence electrons. The Bertz CT molecular complexity index is 484. The number of rotatable bonds is 6. The van der Waals surface area contributed by atoms with Crippen molar-refractivity contribution in [3.05, 3.63) is 17.5 Å². The molecule has 0 aromatic carbocycles. The van der Waals surface area contributed by atoms with Crippen LogP contribution in [-0.2, 0) is 18.4 Å². The molecule has 1 aromatic rings. The summed E-state index contributed by atoms with van der Waals surface area (Å²) in [7, 11) is 1.84. The summed E-state index contributed by atoms with van der Waals surface area (Å²) in [5, 5.41) is 15.7. The second-order valence-corrected chi connectivity index (χ2v) is 4.77. The molecule has 0 saturated carbocycles. The molecule has 0 aliphatic carbocycles. The number of carboxylic acid groups (broad SMARTS) is 1. The minimum atomic E-state index is -0.910. The van der Waals surface area contributed by atoms with Gasteiger partial charge in [0.1, 0.15) is 0 Å². The van der Waals surface area contributed by atoms with Gasteiger partial charge >= 0.3 is 12.0 Å². The highest BCUT2D eigenvalue weighted by Gasteiger charge is 2.20. The normalized spacial score (nSPS) is 12.0. The molecule has 7 heteroatoms. The molecular weight excluding hydrogens is 260 g/mol. The maximum absolute atomic E-state index is 12.1. The SMILES string of the molecule is CCN(C(=O)NCc1cnn(C)c1C)C(C)CC(=O)O. The topological polar surface area (TPSA) is 87.5 Å². The molecule has 2 N–H and O–H groups in total. The summed E-state index contributed by atoms with van der Waals surface area (Å²) in [6.45, 7) is 6.33. The lowest BCUT2D eigenvalue weighted by Gasteiger charge is -2.27. The van der Waals surface area contributed by atoms with Crippen LogP contribution in [0, 0.1) is 6.92 Å². The largest absolute Gasteiger partial charge is 0.481 e. The van der Waals surface area contributed by atoms with Gasteiger partial charge in [-0.05, 0) is 20.8 Å². The van der Waals surface area contributed by atoms with E-state index in [1.54, 1.807) is 17.8 Å². The number of hydrogen-bond acceptors (Lipinski definition) is 3. The van der Waals surface area contributed by atoms with E-state index in [1.165, 1.54) is 4.90 Å². The Kier molecular flexibility index (Phi) is 5.54. The predicted molar refractivity (Wildman–Crippen MR) is 74.3 cm³/mol. The van der Waals surface area contributed by atoms with E-state index < -0.39 is 5.97 Å². The van der Waals surface area contributed by atoms with Crippen LogP contribution in [0.5, 0.6) is 0 Å². The molecule has 1 rings (SSSR count). The molecule has 1 heterocycles. The van der Waals surface area contributed by atoms with E-state index in [0.29, 0.717) is 13.1 Å². The zero-order valence-electron chi connectivity index (χ0n) is 12.4. The minimum Gasteiger partial charge on any atom is -0.481 e. The molecule has 1 aromatic heterocycles. The Labute approximate surface area is 118 Å². The zero-order chi connectivity index (χ0) is 15.3. The second kappa shape index (κ2) is 6.93. The standard InChI is InChI=1S/C13H22N4O3/c1-5-17(9(2)6-12(18)19)13(20)14-7-11-8-15-16(4)10(11)3/h8-9H,5-7H2,1-4H3,(H,14,20)(H,18,19). The van der Waals surface area contributed by atoms with Gasteiger partial charge in [-0.3, -0.25) is 9.48 Å². The summed E-state index contributed by atoms with van der Waals surface area (Å²) in [4.78, 5) is 24.3. The van der Waals surface area contributed by atoms with Crippen molar-refractivity contribution >= 4 is 12.0 Å². The lowest BCUT2D eigenvalue weighted by atomic mass is 10.2. The molecule has 20 heavy (non-hydrogen) atoms.